The fraction of sp³-hybridized carbons (Fsp3) is 0.583. The minimum Gasteiger partial charge on any atom is -0.493 e. The van der Waals surface area contributed by atoms with E-state index < -0.39 is 0 Å². The van der Waals surface area contributed by atoms with Gasteiger partial charge < -0.3 is 28.5 Å². The number of ether oxygens (including phenoxy) is 3. The number of methoxy groups -OCH3 is 2. The second-order valence-electron chi connectivity index (χ2n) is 8.64. The van der Waals surface area contributed by atoms with E-state index in [1.165, 1.54) is 0 Å². The van der Waals surface area contributed by atoms with Gasteiger partial charge in [-0.1, -0.05) is 5.16 Å². The summed E-state index contributed by atoms with van der Waals surface area (Å²) in [6.07, 6.45) is 1.27. The molecule has 2 fully saturated rings. The highest BCUT2D eigenvalue weighted by molar-refractivity contribution is 5.79. The number of nitrogens with zero attached hydrogens (tertiary/aromatic N) is 5. The number of rotatable bonds is 7. The van der Waals surface area contributed by atoms with Gasteiger partial charge in [-0.25, -0.2) is 4.79 Å². The van der Waals surface area contributed by atoms with Gasteiger partial charge in [0.05, 0.1) is 27.4 Å². The zero-order chi connectivity index (χ0) is 24.8. The van der Waals surface area contributed by atoms with Gasteiger partial charge >= 0.3 is 6.09 Å². The lowest BCUT2D eigenvalue weighted by Crippen LogP contribution is -2.53. The predicted octanol–water partition coefficient (Wildman–Crippen LogP) is 2.27. The van der Waals surface area contributed by atoms with Crippen molar-refractivity contribution in [3.63, 3.8) is 0 Å². The normalized spacial score (nSPS) is 17.3. The molecular weight excluding hydrogens is 454 g/mol. The molecule has 2 aromatic rings. The van der Waals surface area contributed by atoms with E-state index in [0.717, 1.165) is 31.5 Å². The zero-order valence-electron chi connectivity index (χ0n) is 20.6. The number of piperidine rings is 1. The first kappa shape index (κ1) is 24.8. The molecule has 3 heterocycles. The van der Waals surface area contributed by atoms with Crippen molar-refractivity contribution in [3.05, 3.63) is 24.1 Å². The Morgan fingerprint density at radius 1 is 1.00 bits per heavy atom. The molecule has 2 amide bonds. The van der Waals surface area contributed by atoms with Crippen molar-refractivity contribution in [1.82, 2.24) is 24.8 Å². The molecule has 1 aromatic carbocycles. The van der Waals surface area contributed by atoms with Crippen LogP contribution in [0.2, 0.25) is 0 Å². The summed E-state index contributed by atoms with van der Waals surface area (Å²) in [6, 6.07) is 5.49. The van der Waals surface area contributed by atoms with Crippen molar-refractivity contribution in [2.75, 3.05) is 60.1 Å². The van der Waals surface area contributed by atoms with Crippen LogP contribution in [0, 0.1) is 5.92 Å². The van der Waals surface area contributed by atoms with E-state index in [-0.39, 0.29) is 17.9 Å². The summed E-state index contributed by atoms with van der Waals surface area (Å²) in [7, 11) is 3.17. The monoisotopic (exact) mass is 487 g/mol. The summed E-state index contributed by atoms with van der Waals surface area (Å²) in [6.45, 7) is 6.40. The number of aromatic nitrogens is 2. The van der Waals surface area contributed by atoms with Crippen LogP contribution in [0.5, 0.6) is 11.5 Å². The lowest BCUT2D eigenvalue weighted by atomic mass is 9.95. The number of amides is 2. The SMILES string of the molecule is CCOC(=O)N1CCN(C(=O)C2CCN(Cc3nc(-c4ccc(OC)c(OC)c4)no3)CC2)CC1. The number of likely N-dealkylation sites (tertiary alicyclic amines) is 1. The van der Waals surface area contributed by atoms with E-state index in [1.54, 1.807) is 26.0 Å². The molecule has 2 saturated heterocycles. The molecule has 11 heteroatoms. The van der Waals surface area contributed by atoms with Crippen LogP contribution in [0.3, 0.4) is 0 Å². The Labute approximate surface area is 204 Å². The van der Waals surface area contributed by atoms with Gasteiger partial charge in [0.15, 0.2) is 11.5 Å². The Balaban J connectivity index is 1.25. The fourth-order valence-electron chi connectivity index (χ4n) is 4.52. The van der Waals surface area contributed by atoms with E-state index in [1.807, 2.05) is 23.1 Å². The maximum atomic E-state index is 13.0. The molecule has 1 aromatic heterocycles. The molecule has 11 nitrogen and oxygen atoms in total. The molecule has 190 valence electrons. The third kappa shape index (κ3) is 5.84. The van der Waals surface area contributed by atoms with Crippen molar-refractivity contribution in [2.24, 2.45) is 5.92 Å². The summed E-state index contributed by atoms with van der Waals surface area (Å²) in [5.41, 5.74) is 0.782. The molecular formula is C24H33N5O6. The quantitative estimate of drug-likeness (QED) is 0.581. The minimum absolute atomic E-state index is 0.00500. The third-order valence-corrected chi connectivity index (χ3v) is 6.52. The maximum Gasteiger partial charge on any atom is 0.409 e. The van der Waals surface area contributed by atoms with Crippen LogP contribution in [0.15, 0.2) is 22.7 Å². The molecule has 0 aliphatic carbocycles. The Hall–Kier alpha value is -3.34. The van der Waals surface area contributed by atoms with E-state index in [9.17, 15) is 9.59 Å². The van der Waals surface area contributed by atoms with Crippen LogP contribution < -0.4 is 9.47 Å². The van der Waals surface area contributed by atoms with Gasteiger partial charge in [-0.15, -0.1) is 0 Å². The van der Waals surface area contributed by atoms with Crippen molar-refractivity contribution in [1.29, 1.82) is 0 Å². The standard InChI is InChI=1S/C24H33N5O6/c1-4-34-24(31)29-13-11-28(12-14-29)23(30)17-7-9-27(10-8-17)16-21-25-22(26-35-21)18-5-6-19(32-2)20(15-18)33-3/h5-6,15,17H,4,7-14,16H2,1-3H3. The first-order valence-corrected chi connectivity index (χ1v) is 12.0. The molecule has 0 bridgehead atoms. The number of carbonyl (C=O) groups excluding carboxylic acids is 2. The van der Waals surface area contributed by atoms with E-state index in [2.05, 4.69) is 15.0 Å². The van der Waals surface area contributed by atoms with Crippen LogP contribution in [-0.4, -0.2) is 96.9 Å². The lowest BCUT2D eigenvalue weighted by Gasteiger charge is -2.38. The van der Waals surface area contributed by atoms with Gasteiger partial charge in [0.1, 0.15) is 0 Å². The highest BCUT2D eigenvalue weighted by Crippen LogP contribution is 2.31. The molecule has 4 rings (SSSR count). The number of carbonyl (C=O) groups is 2. The summed E-state index contributed by atoms with van der Waals surface area (Å²) < 4.78 is 21.2. The predicted molar refractivity (Wildman–Crippen MR) is 126 cm³/mol. The number of hydrogen-bond acceptors (Lipinski definition) is 9. The summed E-state index contributed by atoms with van der Waals surface area (Å²) in [5, 5.41) is 4.11. The lowest BCUT2D eigenvalue weighted by molar-refractivity contribution is -0.138. The highest BCUT2D eigenvalue weighted by atomic mass is 16.6. The Kier molecular flexibility index (Phi) is 8.06. The highest BCUT2D eigenvalue weighted by Gasteiger charge is 2.32. The topological polar surface area (TPSA) is 110 Å². The van der Waals surface area contributed by atoms with E-state index in [0.29, 0.717) is 62.5 Å². The van der Waals surface area contributed by atoms with Gasteiger partial charge in [0, 0.05) is 37.7 Å². The summed E-state index contributed by atoms with van der Waals surface area (Å²) >= 11 is 0. The number of piperazine rings is 1. The molecule has 0 spiro atoms. The van der Waals surface area contributed by atoms with Crippen LogP contribution in [-0.2, 0) is 16.1 Å². The van der Waals surface area contributed by atoms with Crippen LogP contribution in [0.25, 0.3) is 11.4 Å². The molecule has 0 radical (unpaired) electrons. The average molecular weight is 488 g/mol. The van der Waals surface area contributed by atoms with Crippen molar-refractivity contribution >= 4 is 12.0 Å². The van der Waals surface area contributed by atoms with Crippen LogP contribution in [0.4, 0.5) is 4.79 Å². The average Bonchev–Trinajstić information content (AvgIpc) is 3.37. The first-order chi connectivity index (χ1) is 17.0. The summed E-state index contributed by atoms with van der Waals surface area (Å²) in [4.78, 5) is 35.2. The molecule has 0 saturated carbocycles. The zero-order valence-corrected chi connectivity index (χ0v) is 20.6. The van der Waals surface area contributed by atoms with Crippen molar-refractivity contribution in [2.45, 2.75) is 26.3 Å². The van der Waals surface area contributed by atoms with Gasteiger partial charge in [-0.05, 0) is 51.1 Å². The molecule has 0 unspecified atom stereocenters. The largest absolute Gasteiger partial charge is 0.493 e. The number of hydrogen-bond donors (Lipinski definition) is 0. The van der Waals surface area contributed by atoms with Crippen molar-refractivity contribution in [3.8, 4) is 22.9 Å². The maximum absolute atomic E-state index is 13.0. The molecule has 0 atom stereocenters. The van der Waals surface area contributed by atoms with Gasteiger partial charge in [0.25, 0.3) is 0 Å². The van der Waals surface area contributed by atoms with Crippen molar-refractivity contribution < 1.29 is 28.3 Å². The van der Waals surface area contributed by atoms with Crippen LogP contribution in [0.1, 0.15) is 25.7 Å². The first-order valence-electron chi connectivity index (χ1n) is 12.0. The van der Waals surface area contributed by atoms with E-state index in [4.69, 9.17) is 18.7 Å². The molecule has 2 aliphatic heterocycles. The third-order valence-electron chi connectivity index (χ3n) is 6.52. The van der Waals surface area contributed by atoms with Crippen LogP contribution >= 0.6 is 0 Å². The Morgan fingerprint density at radius 3 is 2.34 bits per heavy atom. The Morgan fingerprint density at radius 2 is 1.69 bits per heavy atom. The van der Waals surface area contributed by atoms with E-state index >= 15 is 0 Å². The molecule has 35 heavy (non-hydrogen) atoms. The summed E-state index contributed by atoms with van der Waals surface area (Å²) in [5.74, 6) is 2.46. The van der Waals surface area contributed by atoms with Gasteiger partial charge in [0.2, 0.25) is 17.6 Å². The molecule has 0 N–H and O–H groups in total. The fourth-order valence-corrected chi connectivity index (χ4v) is 4.52. The number of benzene rings is 1. The second kappa shape index (κ2) is 11.4. The van der Waals surface area contributed by atoms with Gasteiger partial charge in [-0.3, -0.25) is 9.69 Å². The Bertz CT molecular complexity index is 1010. The molecule has 2 aliphatic rings. The second-order valence-corrected chi connectivity index (χ2v) is 8.64. The minimum atomic E-state index is -0.303. The van der Waals surface area contributed by atoms with Gasteiger partial charge in [-0.2, -0.15) is 4.98 Å². The smallest absolute Gasteiger partial charge is 0.409 e.